The summed E-state index contributed by atoms with van der Waals surface area (Å²) in [6.45, 7) is 2.46. The lowest BCUT2D eigenvalue weighted by molar-refractivity contribution is -0.122. The molecular weight excluding hydrogens is 200 g/mol. The van der Waals surface area contributed by atoms with Crippen molar-refractivity contribution in [3.8, 4) is 0 Å². The van der Waals surface area contributed by atoms with Crippen LogP contribution in [0.5, 0.6) is 0 Å². The van der Waals surface area contributed by atoms with Gasteiger partial charge in [-0.1, -0.05) is 0 Å². The van der Waals surface area contributed by atoms with E-state index in [1.54, 1.807) is 6.26 Å². The van der Waals surface area contributed by atoms with Crippen molar-refractivity contribution in [3.05, 3.63) is 0 Å². The third-order valence-corrected chi connectivity index (χ3v) is 2.94. The molecular formula is C9H18N2O2S. The second-order valence-electron chi connectivity index (χ2n) is 3.74. The third-order valence-electron chi connectivity index (χ3n) is 2.16. The van der Waals surface area contributed by atoms with Gasteiger partial charge in [0.2, 0.25) is 5.91 Å². The zero-order valence-corrected chi connectivity index (χ0v) is 9.52. The minimum absolute atomic E-state index is 0.0504. The highest BCUT2D eigenvalue weighted by atomic mass is 32.2. The first-order valence-corrected chi connectivity index (χ1v) is 6.66. The lowest BCUT2D eigenvalue weighted by atomic mass is 10.3. The Bertz CT molecular complexity index is 229. The van der Waals surface area contributed by atoms with Gasteiger partial charge in [-0.3, -0.25) is 9.00 Å². The van der Waals surface area contributed by atoms with Gasteiger partial charge in [0.25, 0.3) is 0 Å². The van der Waals surface area contributed by atoms with Crippen LogP contribution in [0.4, 0.5) is 0 Å². The van der Waals surface area contributed by atoms with Gasteiger partial charge in [0.05, 0.1) is 6.04 Å². The van der Waals surface area contributed by atoms with Crippen molar-refractivity contribution < 1.29 is 9.00 Å². The van der Waals surface area contributed by atoms with Crippen molar-refractivity contribution in [2.75, 3.05) is 18.6 Å². The van der Waals surface area contributed by atoms with E-state index in [0.717, 1.165) is 12.8 Å². The average molecular weight is 218 g/mol. The van der Waals surface area contributed by atoms with Crippen LogP contribution in [-0.4, -0.2) is 40.8 Å². The van der Waals surface area contributed by atoms with Crippen LogP contribution < -0.4 is 10.6 Å². The van der Waals surface area contributed by atoms with E-state index in [-0.39, 0.29) is 11.9 Å². The molecule has 14 heavy (non-hydrogen) atoms. The first kappa shape index (κ1) is 11.7. The molecule has 1 rings (SSSR count). The zero-order chi connectivity index (χ0) is 10.6. The van der Waals surface area contributed by atoms with Crippen LogP contribution in [0.15, 0.2) is 0 Å². The summed E-state index contributed by atoms with van der Waals surface area (Å²) in [6, 6.07) is 0.228. The molecule has 0 aliphatic heterocycles. The van der Waals surface area contributed by atoms with Crippen LogP contribution in [0.2, 0.25) is 0 Å². The van der Waals surface area contributed by atoms with Crippen molar-refractivity contribution in [3.63, 3.8) is 0 Å². The number of rotatable bonds is 6. The maximum atomic E-state index is 11.4. The Morgan fingerprint density at radius 1 is 1.57 bits per heavy atom. The zero-order valence-electron chi connectivity index (χ0n) is 8.71. The van der Waals surface area contributed by atoms with Crippen molar-refractivity contribution in [2.45, 2.75) is 31.8 Å². The molecule has 2 N–H and O–H groups in total. The SMILES string of the molecule is CC(NCCS(C)=O)C(=O)NC1CC1. The molecule has 1 aliphatic carbocycles. The molecule has 2 atom stereocenters. The van der Waals surface area contributed by atoms with Gasteiger partial charge < -0.3 is 10.6 Å². The topological polar surface area (TPSA) is 58.2 Å². The van der Waals surface area contributed by atoms with Gasteiger partial charge in [-0.25, -0.2) is 0 Å². The Hall–Kier alpha value is -0.420. The van der Waals surface area contributed by atoms with Crippen molar-refractivity contribution >= 4 is 16.7 Å². The van der Waals surface area contributed by atoms with E-state index in [0.29, 0.717) is 18.3 Å². The molecule has 0 spiro atoms. The summed E-state index contributed by atoms with van der Waals surface area (Å²) in [6.07, 6.45) is 3.88. The van der Waals surface area contributed by atoms with Gasteiger partial charge in [-0.2, -0.15) is 0 Å². The van der Waals surface area contributed by atoms with Crippen molar-refractivity contribution in [2.24, 2.45) is 0 Å². The monoisotopic (exact) mass is 218 g/mol. The van der Waals surface area contributed by atoms with E-state index in [1.165, 1.54) is 0 Å². The molecule has 1 amide bonds. The minimum atomic E-state index is -0.788. The third kappa shape index (κ3) is 4.72. The van der Waals surface area contributed by atoms with Gasteiger partial charge in [-0.05, 0) is 19.8 Å². The lowest BCUT2D eigenvalue weighted by Crippen LogP contribution is -2.44. The predicted octanol–water partition coefficient (Wildman–Crippen LogP) is -0.378. The quantitative estimate of drug-likeness (QED) is 0.639. The molecule has 5 heteroatoms. The van der Waals surface area contributed by atoms with Crippen LogP contribution >= 0.6 is 0 Å². The van der Waals surface area contributed by atoms with Crippen molar-refractivity contribution in [1.82, 2.24) is 10.6 Å². The standard InChI is InChI=1S/C9H18N2O2S/c1-7(10-5-6-14(2)13)9(12)11-8-3-4-8/h7-8,10H,3-6H2,1-2H3,(H,11,12). The van der Waals surface area contributed by atoms with Crippen LogP contribution in [0.3, 0.4) is 0 Å². The molecule has 2 unspecified atom stereocenters. The van der Waals surface area contributed by atoms with Gasteiger partial charge in [-0.15, -0.1) is 0 Å². The van der Waals surface area contributed by atoms with E-state index in [9.17, 15) is 9.00 Å². The summed E-state index contributed by atoms with van der Waals surface area (Å²) in [5.41, 5.74) is 0. The number of nitrogens with one attached hydrogen (secondary N) is 2. The maximum absolute atomic E-state index is 11.4. The normalized spacial score (nSPS) is 20.1. The number of hydrogen-bond acceptors (Lipinski definition) is 3. The van der Waals surface area contributed by atoms with E-state index in [1.807, 2.05) is 6.92 Å². The van der Waals surface area contributed by atoms with Gasteiger partial charge in [0, 0.05) is 35.4 Å². The second kappa shape index (κ2) is 5.46. The fraction of sp³-hybridized carbons (Fsp3) is 0.889. The molecule has 0 aromatic carbocycles. The first-order chi connectivity index (χ1) is 6.59. The molecule has 1 fully saturated rings. The molecule has 0 radical (unpaired) electrons. The van der Waals surface area contributed by atoms with Crippen LogP contribution in [-0.2, 0) is 15.6 Å². The summed E-state index contributed by atoms with van der Waals surface area (Å²) < 4.78 is 10.8. The Morgan fingerprint density at radius 3 is 2.71 bits per heavy atom. The number of hydrogen-bond donors (Lipinski definition) is 2. The Morgan fingerprint density at radius 2 is 2.21 bits per heavy atom. The smallest absolute Gasteiger partial charge is 0.237 e. The summed E-state index contributed by atoms with van der Waals surface area (Å²) in [5, 5.41) is 5.96. The number of carbonyl (C=O) groups excluding carboxylic acids is 1. The molecule has 0 aromatic rings. The highest BCUT2D eigenvalue weighted by molar-refractivity contribution is 7.84. The fourth-order valence-corrected chi connectivity index (χ4v) is 1.47. The second-order valence-corrected chi connectivity index (χ2v) is 5.29. The minimum Gasteiger partial charge on any atom is -0.352 e. The molecule has 0 saturated heterocycles. The summed E-state index contributed by atoms with van der Waals surface area (Å²) in [4.78, 5) is 11.4. The highest BCUT2D eigenvalue weighted by Gasteiger charge is 2.25. The molecule has 0 bridgehead atoms. The molecule has 1 aliphatic rings. The molecule has 4 nitrogen and oxygen atoms in total. The van der Waals surface area contributed by atoms with Gasteiger partial charge in [0.1, 0.15) is 0 Å². The van der Waals surface area contributed by atoms with E-state index in [4.69, 9.17) is 0 Å². The van der Waals surface area contributed by atoms with Crippen LogP contribution in [0.1, 0.15) is 19.8 Å². The Labute approximate surface area is 87.3 Å². The summed E-state index contributed by atoms with van der Waals surface area (Å²) >= 11 is 0. The predicted molar refractivity (Wildman–Crippen MR) is 57.6 cm³/mol. The van der Waals surface area contributed by atoms with E-state index >= 15 is 0 Å². The fourth-order valence-electron chi connectivity index (χ4n) is 1.07. The number of carbonyl (C=O) groups is 1. The summed E-state index contributed by atoms with van der Waals surface area (Å²) in [7, 11) is -0.788. The Kier molecular flexibility index (Phi) is 4.54. The first-order valence-electron chi connectivity index (χ1n) is 4.93. The molecule has 1 saturated carbocycles. The van der Waals surface area contributed by atoms with Crippen molar-refractivity contribution in [1.29, 1.82) is 0 Å². The van der Waals surface area contributed by atoms with E-state index < -0.39 is 10.8 Å². The molecule has 82 valence electrons. The van der Waals surface area contributed by atoms with Gasteiger partial charge in [0.15, 0.2) is 0 Å². The molecule has 0 heterocycles. The largest absolute Gasteiger partial charge is 0.352 e. The maximum Gasteiger partial charge on any atom is 0.237 e. The Balaban J connectivity index is 2.09. The average Bonchev–Trinajstić information content (AvgIpc) is 2.87. The van der Waals surface area contributed by atoms with Crippen LogP contribution in [0, 0.1) is 0 Å². The summed E-state index contributed by atoms with van der Waals surface area (Å²) in [5.74, 6) is 0.649. The number of amides is 1. The highest BCUT2D eigenvalue weighted by Crippen LogP contribution is 2.18. The molecule has 0 aromatic heterocycles. The van der Waals surface area contributed by atoms with Gasteiger partial charge >= 0.3 is 0 Å². The van der Waals surface area contributed by atoms with Crippen LogP contribution in [0.25, 0.3) is 0 Å². The van der Waals surface area contributed by atoms with E-state index in [2.05, 4.69) is 10.6 Å². The lowest BCUT2D eigenvalue weighted by Gasteiger charge is -2.12.